The van der Waals surface area contributed by atoms with Gasteiger partial charge in [-0.15, -0.1) is 11.3 Å². The molecule has 0 bridgehead atoms. The Morgan fingerprint density at radius 1 is 1.37 bits per heavy atom. The van der Waals surface area contributed by atoms with Crippen molar-refractivity contribution in [3.8, 4) is 5.75 Å². The molecule has 0 radical (unpaired) electrons. The van der Waals surface area contributed by atoms with Gasteiger partial charge in [0.25, 0.3) is 0 Å². The number of anilines is 1. The Kier molecular flexibility index (Phi) is 4.91. The van der Waals surface area contributed by atoms with Gasteiger partial charge in [-0.1, -0.05) is 23.2 Å². The smallest absolute Gasteiger partial charge is 0.182 e. The summed E-state index contributed by atoms with van der Waals surface area (Å²) in [6.07, 6.45) is 1.81. The predicted octanol–water partition coefficient (Wildman–Crippen LogP) is 4.85. The van der Waals surface area contributed by atoms with Crippen molar-refractivity contribution in [2.45, 2.75) is 26.5 Å². The lowest BCUT2D eigenvalue weighted by Crippen LogP contribution is -2.10. The van der Waals surface area contributed by atoms with Gasteiger partial charge in [-0.05, 0) is 26.0 Å². The number of rotatable bonds is 5. The first-order chi connectivity index (χ1) is 9.06. The Bertz CT molecular complexity index is 544. The lowest BCUT2D eigenvalue weighted by atomic mass is 10.2. The van der Waals surface area contributed by atoms with E-state index in [2.05, 4.69) is 10.3 Å². The number of nitrogens with one attached hydrogen (secondary N) is 1. The van der Waals surface area contributed by atoms with E-state index < -0.39 is 0 Å². The third kappa shape index (κ3) is 4.00. The Labute approximate surface area is 126 Å². The van der Waals surface area contributed by atoms with Gasteiger partial charge in [0, 0.05) is 28.7 Å². The van der Waals surface area contributed by atoms with Crippen LogP contribution in [-0.4, -0.2) is 11.1 Å². The van der Waals surface area contributed by atoms with E-state index in [0.717, 1.165) is 10.7 Å². The molecule has 102 valence electrons. The van der Waals surface area contributed by atoms with Gasteiger partial charge in [-0.3, -0.25) is 0 Å². The highest BCUT2D eigenvalue weighted by atomic mass is 35.5. The Morgan fingerprint density at radius 3 is 2.79 bits per heavy atom. The summed E-state index contributed by atoms with van der Waals surface area (Å²) < 4.78 is 5.75. The van der Waals surface area contributed by atoms with Gasteiger partial charge in [-0.2, -0.15) is 0 Å². The summed E-state index contributed by atoms with van der Waals surface area (Å²) in [5, 5.41) is 7.11. The quantitative estimate of drug-likeness (QED) is 0.856. The van der Waals surface area contributed by atoms with Crippen LogP contribution < -0.4 is 10.1 Å². The summed E-state index contributed by atoms with van der Waals surface area (Å²) in [6, 6.07) is 3.54. The minimum atomic E-state index is 0.0530. The molecular weight excluding hydrogens is 303 g/mol. The number of aromatic nitrogens is 1. The van der Waals surface area contributed by atoms with Crippen LogP contribution in [-0.2, 0) is 6.54 Å². The van der Waals surface area contributed by atoms with E-state index in [-0.39, 0.29) is 6.10 Å². The Hall–Kier alpha value is -0.970. The van der Waals surface area contributed by atoms with Crippen LogP contribution >= 0.6 is 34.5 Å². The molecule has 1 aromatic heterocycles. The molecule has 0 aliphatic heterocycles. The van der Waals surface area contributed by atoms with Crippen molar-refractivity contribution in [1.82, 2.24) is 4.98 Å². The monoisotopic (exact) mass is 316 g/mol. The first-order valence-corrected chi connectivity index (χ1v) is 7.47. The van der Waals surface area contributed by atoms with Crippen molar-refractivity contribution in [3.05, 3.63) is 39.3 Å². The number of hydrogen-bond acceptors (Lipinski definition) is 4. The van der Waals surface area contributed by atoms with Crippen LogP contribution in [0.25, 0.3) is 0 Å². The van der Waals surface area contributed by atoms with E-state index in [1.54, 1.807) is 23.6 Å². The molecule has 1 heterocycles. The van der Waals surface area contributed by atoms with Gasteiger partial charge in [-0.25, -0.2) is 4.98 Å². The van der Waals surface area contributed by atoms with Crippen molar-refractivity contribution in [3.63, 3.8) is 0 Å². The molecule has 0 aliphatic carbocycles. The molecule has 0 unspecified atom stereocenters. The van der Waals surface area contributed by atoms with Gasteiger partial charge in [0.1, 0.15) is 5.75 Å². The predicted molar refractivity (Wildman–Crippen MR) is 81.7 cm³/mol. The van der Waals surface area contributed by atoms with Gasteiger partial charge in [0.15, 0.2) is 5.13 Å². The second kappa shape index (κ2) is 6.46. The summed E-state index contributed by atoms with van der Waals surface area (Å²) in [7, 11) is 0. The fourth-order valence-electron chi connectivity index (χ4n) is 1.59. The summed E-state index contributed by atoms with van der Waals surface area (Å²) in [5.41, 5.74) is 0.918. The average Bonchev–Trinajstić information content (AvgIpc) is 2.83. The maximum atomic E-state index is 6.19. The molecule has 1 N–H and O–H groups in total. The van der Waals surface area contributed by atoms with Crippen molar-refractivity contribution in [1.29, 1.82) is 0 Å². The fourth-order valence-corrected chi connectivity index (χ4v) is 2.70. The summed E-state index contributed by atoms with van der Waals surface area (Å²) in [5.74, 6) is 0.671. The molecule has 6 heteroatoms. The molecule has 0 aliphatic rings. The molecule has 1 aromatic carbocycles. The van der Waals surface area contributed by atoms with Crippen molar-refractivity contribution >= 4 is 39.7 Å². The van der Waals surface area contributed by atoms with Crippen molar-refractivity contribution in [2.24, 2.45) is 0 Å². The number of hydrogen-bond donors (Lipinski definition) is 1. The molecular formula is C13H14Cl2N2OS. The molecule has 2 aromatic rings. The average molecular weight is 317 g/mol. The van der Waals surface area contributed by atoms with E-state index >= 15 is 0 Å². The number of halogens is 2. The fraction of sp³-hybridized carbons (Fsp3) is 0.308. The second-order valence-electron chi connectivity index (χ2n) is 4.23. The lowest BCUT2D eigenvalue weighted by Gasteiger charge is -2.16. The molecule has 0 spiro atoms. The molecule has 3 nitrogen and oxygen atoms in total. The molecule has 0 saturated heterocycles. The third-order valence-electron chi connectivity index (χ3n) is 2.30. The van der Waals surface area contributed by atoms with Crippen LogP contribution in [0.1, 0.15) is 19.4 Å². The van der Waals surface area contributed by atoms with Crippen LogP contribution in [0.4, 0.5) is 5.13 Å². The zero-order chi connectivity index (χ0) is 13.8. The molecule has 0 fully saturated rings. The van der Waals surface area contributed by atoms with Gasteiger partial charge in [0.2, 0.25) is 0 Å². The zero-order valence-electron chi connectivity index (χ0n) is 10.6. The molecule has 0 amide bonds. The first kappa shape index (κ1) is 14.4. The van der Waals surface area contributed by atoms with Crippen LogP contribution in [0, 0.1) is 0 Å². The summed E-state index contributed by atoms with van der Waals surface area (Å²) >= 11 is 13.8. The van der Waals surface area contributed by atoms with Crippen LogP contribution in [0.5, 0.6) is 5.75 Å². The SMILES string of the molecule is CC(C)Oc1c(Cl)cc(Cl)cc1CNc1nccs1. The van der Waals surface area contributed by atoms with E-state index in [4.69, 9.17) is 27.9 Å². The van der Waals surface area contributed by atoms with Gasteiger partial charge in [0.05, 0.1) is 11.1 Å². The van der Waals surface area contributed by atoms with Crippen molar-refractivity contribution in [2.75, 3.05) is 5.32 Å². The van der Waals surface area contributed by atoms with Crippen LogP contribution in [0.2, 0.25) is 10.0 Å². The van der Waals surface area contributed by atoms with Gasteiger partial charge < -0.3 is 10.1 Å². The Morgan fingerprint density at radius 2 is 2.16 bits per heavy atom. The highest BCUT2D eigenvalue weighted by Crippen LogP contribution is 2.33. The van der Waals surface area contributed by atoms with Crippen molar-refractivity contribution < 1.29 is 4.74 Å². The minimum Gasteiger partial charge on any atom is -0.489 e. The number of thiazole rings is 1. The number of benzene rings is 1. The number of ether oxygens (including phenoxy) is 1. The van der Waals surface area contributed by atoms with E-state index in [9.17, 15) is 0 Å². The second-order valence-corrected chi connectivity index (χ2v) is 5.97. The van der Waals surface area contributed by atoms with Crippen LogP contribution in [0.15, 0.2) is 23.7 Å². The molecule has 0 atom stereocenters. The Balaban J connectivity index is 2.21. The summed E-state index contributed by atoms with van der Waals surface area (Å²) in [6.45, 7) is 4.49. The van der Waals surface area contributed by atoms with Crippen LogP contribution in [0.3, 0.4) is 0 Å². The molecule has 19 heavy (non-hydrogen) atoms. The normalized spacial score (nSPS) is 10.8. The molecule has 2 rings (SSSR count). The molecule has 0 saturated carbocycles. The topological polar surface area (TPSA) is 34.1 Å². The standard InChI is InChI=1S/C13H14Cl2N2OS/c1-8(2)18-12-9(5-10(14)6-11(12)15)7-17-13-16-3-4-19-13/h3-6,8H,7H2,1-2H3,(H,16,17). The lowest BCUT2D eigenvalue weighted by molar-refractivity contribution is 0.240. The largest absolute Gasteiger partial charge is 0.489 e. The third-order valence-corrected chi connectivity index (χ3v) is 3.53. The maximum Gasteiger partial charge on any atom is 0.182 e. The van der Waals surface area contributed by atoms with E-state index in [0.29, 0.717) is 22.3 Å². The highest BCUT2D eigenvalue weighted by Gasteiger charge is 2.12. The minimum absolute atomic E-state index is 0.0530. The van der Waals surface area contributed by atoms with E-state index in [1.807, 2.05) is 25.3 Å². The van der Waals surface area contributed by atoms with E-state index in [1.165, 1.54) is 0 Å². The first-order valence-electron chi connectivity index (χ1n) is 5.84. The zero-order valence-corrected chi connectivity index (χ0v) is 12.9. The maximum absolute atomic E-state index is 6.19. The summed E-state index contributed by atoms with van der Waals surface area (Å²) in [4.78, 5) is 4.17. The highest BCUT2D eigenvalue weighted by molar-refractivity contribution is 7.13. The van der Waals surface area contributed by atoms with Gasteiger partial charge >= 0.3 is 0 Å². The number of nitrogens with zero attached hydrogens (tertiary/aromatic N) is 1.